The predicted octanol–water partition coefficient (Wildman–Crippen LogP) is 1.88. The summed E-state index contributed by atoms with van der Waals surface area (Å²) < 4.78 is 5.15. The summed E-state index contributed by atoms with van der Waals surface area (Å²) in [6, 6.07) is 8.93. The molecule has 1 aromatic carbocycles. The van der Waals surface area contributed by atoms with Gasteiger partial charge in [0.05, 0.1) is 6.61 Å². The molecule has 0 saturated heterocycles. The average Bonchev–Trinajstić information content (AvgIpc) is 3.11. The Bertz CT molecular complexity index is 319. The largest absolute Gasteiger partial charge is 0.399 e. The molecule has 0 unspecified atom stereocenters. The molecule has 16 heavy (non-hydrogen) atoms. The topological polar surface area (TPSA) is 38.5 Å². The van der Waals surface area contributed by atoms with E-state index in [1.165, 1.54) is 18.4 Å². The zero-order chi connectivity index (χ0) is 11.4. The van der Waals surface area contributed by atoms with Gasteiger partial charge in [0.25, 0.3) is 0 Å². The Hall–Kier alpha value is -1.06. The van der Waals surface area contributed by atoms with Gasteiger partial charge in [0.1, 0.15) is 0 Å². The fourth-order valence-corrected chi connectivity index (χ4v) is 1.90. The third-order valence-electron chi connectivity index (χ3n) is 3.01. The van der Waals surface area contributed by atoms with Gasteiger partial charge in [-0.2, -0.15) is 0 Å². The van der Waals surface area contributed by atoms with E-state index in [0.29, 0.717) is 0 Å². The zero-order valence-corrected chi connectivity index (χ0v) is 9.86. The van der Waals surface area contributed by atoms with Gasteiger partial charge in [0, 0.05) is 31.9 Å². The summed E-state index contributed by atoms with van der Waals surface area (Å²) in [6.07, 6.45) is 2.66. The molecule has 3 heteroatoms. The van der Waals surface area contributed by atoms with Gasteiger partial charge in [-0.25, -0.2) is 0 Å². The van der Waals surface area contributed by atoms with E-state index >= 15 is 0 Å². The minimum absolute atomic E-state index is 0.771. The molecule has 0 aliphatic heterocycles. The first-order valence-corrected chi connectivity index (χ1v) is 5.87. The number of hydrogen-bond acceptors (Lipinski definition) is 3. The third-order valence-corrected chi connectivity index (χ3v) is 3.01. The average molecular weight is 220 g/mol. The molecule has 0 atom stereocenters. The molecule has 2 rings (SSSR count). The Labute approximate surface area is 97.2 Å². The molecule has 1 fully saturated rings. The second-order valence-electron chi connectivity index (χ2n) is 4.44. The van der Waals surface area contributed by atoms with E-state index < -0.39 is 0 Å². The predicted molar refractivity (Wildman–Crippen MR) is 66.2 cm³/mol. The van der Waals surface area contributed by atoms with Crippen LogP contribution in [0.2, 0.25) is 0 Å². The van der Waals surface area contributed by atoms with E-state index in [-0.39, 0.29) is 0 Å². The smallest absolute Gasteiger partial charge is 0.0589 e. The highest BCUT2D eigenvalue weighted by Gasteiger charge is 2.28. The van der Waals surface area contributed by atoms with E-state index in [1.807, 2.05) is 12.1 Å². The van der Waals surface area contributed by atoms with Crippen LogP contribution in [0.5, 0.6) is 0 Å². The van der Waals surface area contributed by atoms with Gasteiger partial charge in [-0.3, -0.25) is 4.90 Å². The highest BCUT2D eigenvalue weighted by Crippen LogP contribution is 2.28. The third kappa shape index (κ3) is 3.22. The van der Waals surface area contributed by atoms with Crippen molar-refractivity contribution in [3.63, 3.8) is 0 Å². The zero-order valence-electron chi connectivity index (χ0n) is 9.86. The molecule has 0 spiro atoms. The Kier molecular flexibility index (Phi) is 3.80. The second-order valence-corrected chi connectivity index (χ2v) is 4.44. The maximum atomic E-state index is 5.68. The Morgan fingerprint density at radius 2 is 2.00 bits per heavy atom. The molecule has 0 aromatic heterocycles. The lowest BCUT2D eigenvalue weighted by Gasteiger charge is -2.21. The molecule has 1 aliphatic rings. The Balaban J connectivity index is 1.91. The van der Waals surface area contributed by atoms with Crippen LogP contribution in [0.1, 0.15) is 18.4 Å². The molecule has 1 aliphatic carbocycles. The van der Waals surface area contributed by atoms with Crippen molar-refractivity contribution in [3.8, 4) is 0 Å². The number of ether oxygens (including phenoxy) is 1. The minimum Gasteiger partial charge on any atom is -0.399 e. The van der Waals surface area contributed by atoms with Crippen molar-refractivity contribution in [3.05, 3.63) is 29.8 Å². The standard InChI is InChI=1S/C13H20N2O/c1-16-9-8-15(13-6-7-13)10-11-2-4-12(14)5-3-11/h2-5,13H,6-10,14H2,1H3. The van der Waals surface area contributed by atoms with Crippen LogP contribution in [0.3, 0.4) is 0 Å². The van der Waals surface area contributed by atoms with Crippen LogP contribution >= 0.6 is 0 Å². The van der Waals surface area contributed by atoms with Gasteiger partial charge in [0.15, 0.2) is 0 Å². The van der Waals surface area contributed by atoms with Crippen molar-refractivity contribution in [1.82, 2.24) is 4.90 Å². The molecule has 0 heterocycles. The fraction of sp³-hybridized carbons (Fsp3) is 0.538. The van der Waals surface area contributed by atoms with Gasteiger partial charge < -0.3 is 10.5 Å². The van der Waals surface area contributed by atoms with Crippen LogP contribution in [0.4, 0.5) is 5.69 Å². The molecule has 0 bridgehead atoms. The Morgan fingerprint density at radius 1 is 1.31 bits per heavy atom. The molecule has 3 nitrogen and oxygen atoms in total. The molecule has 0 radical (unpaired) electrons. The molecule has 2 N–H and O–H groups in total. The van der Waals surface area contributed by atoms with Crippen molar-refractivity contribution < 1.29 is 4.74 Å². The number of methoxy groups -OCH3 is 1. The number of benzene rings is 1. The second kappa shape index (κ2) is 5.32. The van der Waals surface area contributed by atoms with Gasteiger partial charge in [-0.15, -0.1) is 0 Å². The minimum atomic E-state index is 0.771. The summed E-state index contributed by atoms with van der Waals surface area (Å²) in [5.74, 6) is 0. The summed E-state index contributed by atoms with van der Waals surface area (Å²) in [5, 5.41) is 0. The van der Waals surface area contributed by atoms with Crippen LogP contribution in [0.15, 0.2) is 24.3 Å². The quantitative estimate of drug-likeness (QED) is 0.744. The number of nitrogens with zero attached hydrogens (tertiary/aromatic N) is 1. The first-order chi connectivity index (χ1) is 7.79. The normalized spacial score (nSPS) is 15.6. The van der Waals surface area contributed by atoms with E-state index in [0.717, 1.165) is 31.4 Å². The monoisotopic (exact) mass is 220 g/mol. The Morgan fingerprint density at radius 3 is 2.56 bits per heavy atom. The van der Waals surface area contributed by atoms with Crippen LogP contribution in [0, 0.1) is 0 Å². The van der Waals surface area contributed by atoms with Crippen molar-refractivity contribution in [2.45, 2.75) is 25.4 Å². The summed E-state index contributed by atoms with van der Waals surface area (Å²) in [5.41, 5.74) is 7.84. The lowest BCUT2D eigenvalue weighted by atomic mass is 10.2. The van der Waals surface area contributed by atoms with E-state index in [1.54, 1.807) is 7.11 Å². The maximum Gasteiger partial charge on any atom is 0.0589 e. The van der Waals surface area contributed by atoms with Crippen molar-refractivity contribution in [2.24, 2.45) is 0 Å². The van der Waals surface area contributed by atoms with Crippen molar-refractivity contribution in [2.75, 3.05) is 26.0 Å². The molecular weight excluding hydrogens is 200 g/mol. The first-order valence-electron chi connectivity index (χ1n) is 5.87. The summed E-state index contributed by atoms with van der Waals surface area (Å²) in [4.78, 5) is 2.50. The number of nitrogen functional groups attached to an aromatic ring is 1. The van der Waals surface area contributed by atoms with Crippen LogP contribution in [-0.2, 0) is 11.3 Å². The lowest BCUT2D eigenvalue weighted by Crippen LogP contribution is -2.29. The summed E-state index contributed by atoms with van der Waals surface area (Å²) in [7, 11) is 1.76. The van der Waals surface area contributed by atoms with Gasteiger partial charge >= 0.3 is 0 Å². The molecule has 1 aromatic rings. The number of nitrogens with two attached hydrogens (primary N) is 1. The van der Waals surface area contributed by atoms with Crippen LogP contribution in [0.25, 0.3) is 0 Å². The van der Waals surface area contributed by atoms with Crippen molar-refractivity contribution in [1.29, 1.82) is 0 Å². The number of rotatable bonds is 6. The summed E-state index contributed by atoms with van der Waals surface area (Å²) >= 11 is 0. The molecular formula is C13H20N2O. The van der Waals surface area contributed by atoms with Crippen molar-refractivity contribution >= 4 is 5.69 Å². The van der Waals surface area contributed by atoms with Gasteiger partial charge in [0.2, 0.25) is 0 Å². The van der Waals surface area contributed by atoms with E-state index in [4.69, 9.17) is 10.5 Å². The van der Waals surface area contributed by atoms with E-state index in [2.05, 4.69) is 17.0 Å². The van der Waals surface area contributed by atoms with Gasteiger partial charge in [-0.05, 0) is 30.5 Å². The molecule has 88 valence electrons. The van der Waals surface area contributed by atoms with Crippen LogP contribution < -0.4 is 5.73 Å². The first kappa shape index (κ1) is 11.4. The fourth-order valence-electron chi connectivity index (χ4n) is 1.90. The highest BCUT2D eigenvalue weighted by molar-refractivity contribution is 5.39. The lowest BCUT2D eigenvalue weighted by molar-refractivity contribution is 0.139. The molecule has 1 saturated carbocycles. The maximum absolute atomic E-state index is 5.68. The van der Waals surface area contributed by atoms with Gasteiger partial charge in [-0.1, -0.05) is 12.1 Å². The highest BCUT2D eigenvalue weighted by atomic mass is 16.5. The van der Waals surface area contributed by atoms with Crippen LogP contribution in [-0.4, -0.2) is 31.2 Å². The number of hydrogen-bond donors (Lipinski definition) is 1. The molecule has 0 amide bonds. The summed E-state index contributed by atoms with van der Waals surface area (Å²) in [6.45, 7) is 2.84. The SMILES string of the molecule is COCCN(Cc1ccc(N)cc1)C1CC1. The van der Waals surface area contributed by atoms with E-state index in [9.17, 15) is 0 Å². The number of anilines is 1.